The molecule has 0 amide bonds. The van der Waals surface area contributed by atoms with Gasteiger partial charge in [-0.3, -0.25) is 0 Å². The third-order valence-corrected chi connectivity index (χ3v) is 2.30. The van der Waals surface area contributed by atoms with E-state index in [1.54, 1.807) is 0 Å². The Labute approximate surface area is 103 Å². The molecule has 1 aromatic heterocycles. The van der Waals surface area contributed by atoms with Crippen LogP contribution in [0.5, 0.6) is 0 Å². The lowest BCUT2D eigenvalue weighted by atomic mass is 10.1. The van der Waals surface area contributed by atoms with Crippen molar-refractivity contribution in [2.75, 3.05) is 0 Å². The van der Waals surface area contributed by atoms with Crippen molar-refractivity contribution in [3.05, 3.63) is 41.1 Å². The van der Waals surface area contributed by atoms with E-state index in [0.717, 1.165) is 6.07 Å². The van der Waals surface area contributed by atoms with Gasteiger partial charge in [0.25, 0.3) is 6.43 Å². The molecule has 100 valence electrons. The van der Waals surface area contributed by atoms with E-state index in [9.17, 15) is 22.4 Å². The molecule has 0 aliphatic heterocycles. The van der Waals surface area contributed by atoms with E-state index in [1.165, 1.54) is 0 Å². The van der Waals surface area contributed by atoms with Crippen LogP contribution in [0, 0.1) is 11.6 Å². The Morgan fingerprint density at radius 2 is 1.95 bits per heavy atom. The second-order valence-corrected chi connectivity index (χ2v) is 3.55. The highest BCUT2D eigenvalue weighted by Crippen LogP contribution is 2.30. The predicted octanol–water partition coefficient (Wildman–Crippen LogP) is 3.26. The fourth-order valence-electron chi connectivity index (χ4n) is 1.42. The van der Waals surface area contributed by atoms with Gasteiger partial charge in [0.2, 0.25) is 0 Å². The maximum absolute atomic E-state index is 13.5. The smallest absolute Gasteiger partial charge is 0.358 e. The summed E-state index contributed by atoms with van der Waals surface area (Å²) in [4.78, 5) is 10.6. The Bertz CT molecular complexity index is 639. The van der Waals surface area contributed by atoms with Crippen LogP contribution in [0.15, 0.2) is 22.7 Å². The summed E-state index contributed by atoms with van der Waals surface area (Å²) >= 11 is 0. The second-order valence-electron chi connectivity index (χ2n) is 3.55. The van der Waals surface area contributed by atoms with Gasteiger partial charge in [-0.25, -0.2) is 22.4 Å². The SMILES string of the molecule is O=C(O)c1cc(-c2cc(C(F)F)cc(F)c2F)on1. The van der Waals surface area contributed by atoms with Crippen LogP contribution in [0.1, 0.15) is 22.5 Å². The molecule has 2 aromatic rings. The van der Waals surface area contributed by atoms with Gasteiger partial charge in [-0.05, 0) is 12.1 Å². The minimum Gasteiger partial charge on any atom is -0.476 e. The molecule has 0 radical (unpaired) electrons. The Balaban J connectivity index is 2.56. The summed E-state index contributed by atoms with van der Waals surface area (Å²) in [5, 5.41) is 11.7. The molecule has 0 unspecified atom stereocenters. The Hall–Kier alpha value is -2.38. The van der Waals surface area contributed by atoms with Crippen molar-refractivity contribution in [3.8, 4) is 11.3 Å². The Morgan fingerprint density at radius 1 is 1.26 bits per heavy atom. The molecule has 0 saturated carbocycles. The number of aromatic carboxylic acids is 1. The van der Waals surface area contributed by atoms with Crippen molar-refractivity contribution in [1.82, 2.24) is 5.16 Å². The van der Waals surface area contributed by atoms with Gasteiger partial charge in [-0.15, -0.1) is 0 Å². The van der Waals surface area contributed by atoms with Gasteiger partial charge >= 0.3 is 5.97 Å². The summed E-state index contributed by atoms with van der Waals surface area (Å²) in [6, 6.07) is 1.85. The number of hydrogen-bond donors (Lipinski definition) is 1. The number of carbonyl (C=O) groups is 1. The van der Waals surface area contributed by atoms with Crippen molar-refractivity contribution < 1.29 is 32.0 Å². The molecule has 8 heteroatoms. The normalized spacial score (nSPS) is 11.0. The zero-order chi connectivity index (χ0) is 14.2. The quantitative estimate of drug-likeness (QED) is 0.873. The fourth-order valence-corrected chi connectivity index (χ4v) is 1.42. The monoisotopic (exact) mass is 275 g/mol. The number of aromatic nitrogens is 1. The van der Waals surface area contributed by atoms with Gasteiger partial charge in [0, 0.05) is 11.6 Å². The van der Waals surface area contributed by atoms with Crippen LogP contribution in [0.4, 0.5) is 17.6 Å². The standard InChI is InChI=1S/C11H5F4NO3/c12-6-2-4(10(14)15)1-5(9(6)13)8-3-7(11(17)18)16-19-8/h1-3,10H,(H,17,18). The molecule has 4 nitrogen and oxygen atoms in total. The van der Waals surface area contributed by atoms with Crippen LogP contribution in [0.25, 0.3) is 11.3 Å². The number of benzene rings is 1. The Kier molecular flexibility index (Phi) is 3.24. The van der Waals surface area contributed by atoms with Gasteiger partial charge in [-0.2, -0.15) is 0 Å². The highest BCUT2D eigenvalue weighted by Gasteiger charge is 2.21. The van der Waals surface area contributed by atoms with E-state index in [2.05, 4.69) is 9.68 Å². The van der Waals surface area contributed by atoms with Crippen LogP contribution in [-0.4, -0.2) is 16.2 Å². The van der Waals surface area contributed by atoms with Gasteiger partial charge < -0.3 is 9.63 Å². The first-order valence-corrected chi connectivity index (χ1v) is 4.87. The average molecular weight is 275 g/mol. The molecular formula is C11H5F4NO3. The zero-order valence-corrected chi connectivity index (χ0v) is 9.03. The maximum Gasteiger partial charge on any atom is 0.358 e. The second kappa shape index (κ2) is 4.71. The first-order valence-electron chi connectivity index (χ1n) is 4.87. The molecule has 1 aromatic carbocycles. The van der Waals surface area contributed by atoms with Crippen LogP contribution >= 0.6 is 0 Å². The lowest BCUT2D eigenvalue weighted by Crippen LogP contribution is -1.95. The average Bonchev–Trinajstić information content (AvgIpc) is 2.81. The molecule has 0 spiro atoms. The van der Waals surface area contributed by atoms with Crippen molar-refractivity contribution in [3.63, 3.8) is 0 Å². The van der Waals surface area contributed by atoms with E-state index in [0.29, 0.717) is 12.1 Å². The van der Waals surface area contributed by atoms with Crippen molar-refractivity contribution in [2.45, 2.75) is 6.43 Å². The highest BCUT2D eigenvalue weighted by molar-refractivity contribution is 5.86. The van der Waals surface area contributed by atoms with Gasteiger partial charge in [0.15, 0.2) is 23.1 Å². The lowest BCUT2D eigenvalue weighted by molar-refractivity contribution is 0.0685. The third-order valence-electron chi connectivity index (χ3n) is 2.30. The highest BCUT2D eigenvalue weighted by atomic mass is 19.3. The molecule has 0 atom stereocenters. The van der Waals surface area contributed by atoms with E-state index < -0.39 is 46.6 Å². The molecule has 0 fully saturated rings. The molecule has 0 aliphatic rings. The number of rotatable bonds is 3. The van der Waals surface area contributed by atoms with E-state index in [1.807, 2.05) is 0 Å². The molecule has 0 saturated heterocycles. The first-order chi connectivity index (χ1) is 8.90. The summed E-state index contributed by atoms with van der Waals surface area (Å²) in [5.41, 5.74) is -1.91. The third kappa shape index (κ3) is 2.42. The van der Waals surface area contributed by atoms with Crippen molar-refractivity contribution >= 4 is 5.97 Å². The van der Waals surface area contributed by atoms with Gasteiger partial charge in [0.1, 0.15) is 0 Å². The summed E-state index contributed by atoms with van der Waals surface area (Å²) in [6.07, 6.45) is -3.00. The molecule has 19 heavy (non-hydrogen) atoms. The lowest BCUT2D eigenvalue weighted by Gasteiger charge is -2.04. The number of halogens is 4. The predicted molar refractivity (Wildman–Crippen MR) is 53.8 cm³/mol. The molecule has 1 heterocycles. The van der Waals surface area contributed by atoms with E-state index in [-0.39, 0.29) is 0 Å². The van der Waals surface area contributed by atoms with E-state index >= 15 is 0 Å². The molecule has 0 aliphatic carbocycles. The summed E-state index contributed by atoms with van der Waals surface area (Å²) in [7, 11) is 0. The molecule has 1 N–H and O–H groups in total. The minimum atomic E-state index is -3.00. The molecule has 2 rings (SSSR count). The zero-order valence-electron chi connectivity index (χ0n) is 9.03. The van der Waals surface area contributed by atoms with Gasteiger partial charge in [0.05, 0.1) is 5.56 Å². The van der Waals surface area contributed by atoms with Crippen LogP contribution in [-0.2, 0) is 0 Å². The number of alkyl halides is 2. The molecular weight excluding hydrogens is 270 g/mol. The minimum absolute atomic E-state index is 0.359. The van der Waals surface area contributed by atoms with Crippen LogP contribution in [0.3, 0.4) is 0 Å². The number of carboxylic acids is 1. The Morgan fingerprint density at radius 3 is 2.47 bits per heavy atom. The summed E-state index contributed by atoms with van der Waals surface area (Å²) in [5.74, 6) is -4.80. The number of hydrogen-bond acceptors (Lipinski definition) is 3. The summed E-state index contributed by atoms with van der Waals surface area (Å²) < 4.78 is 56.1. The number of nitrogens with zero attached hydrogens (tertiary/aromatic N) is 1. The fraction of sp³-hybridized carbons (Fsp3) is 0.0909. The van der Waals surface area contributed by atoms with Gasteiger partial charge in [-0.1, -0.05) is 5.16 Å². The largest absolute Gasteiger partial charge is 0.476 e. The molecule has 0 bridgehead atoms. The van der Waals surface area contributed by atoms with E-state index in [4.69, 9.17) is 5.11 Å². The van der Waals surface area contributed by atoms with Crippen molar-refractivity contribution in [2.24, 2.45) is 0 Å². The van der Waals surface area contributed by atoms with Crippen LogP contribution < -0.4 is 0 Å². The summed E-state index contributed by atoms with van der Waals surface area (Å²) in [6.45, 7) is 0. The maximum atomic E-state index is 13.5. The topological polar surface area (TPSA) is 63.3 Å². The first kappa shape index (κ1) is 13.1. The number of carboxylic acid groups (broad SMARTS) is 1. The van der Waals surface area contributed by atoms with Crippen molar-refractivity contribution in [1.29, 1.82) is 0 Å². The van der Waals surface area contributed by atoms with Crippen LogP contribution in [0.2, 0.25) is 0 Å².